The monoisotopic (exact) mass is 410 g/mol. The van der Waals surface area contributed by atoms with Crippen LogP contribution in [0.1, 0.15) is 90.4 Å². The predicted octanol–water partition coefficient (Wildman–Crippen LogP) is 4.14. The van der Waals surface area contributed by atoms with Crippen molar-refractivity contribution in [3.63, 3.8) is 0 Å². The van der Waals surface area contributed by atoms with E-state index in [2.05, 4.69) is 11.7 Å². The minimum absolute atomic E-state index is 0.0774. The van der Waals surface area contributed by atoms with Crippen LogP contribution in [0.15, 0.2) is 12.2 Å². The third-order valence-corrected chi connectivity index (χ3v) is 7.49. The minimum Gasteiger partial charge on any atom is -0.466 e. The Morgan fingerprint density at radius 1 is 1.14 bits per heavy atom. The highest BCUT2D eigenvalue weighted by molar-refractivity contribution is 5.81. The number of ether oxygens (including phenoxy) is 1. The number of carbonyl (C=O) groups excluding carboxylic acids is 1. The van der Waals surface area contributed by atoms with Crippen LogP contribution in [-0.2, 0) is 9.53 Å². The summed E-state index contributed by atoms with van der Waals surface area (Å²) in [6, 6.07) is 0. The highest BCUT2D eigenvalue weighted by atomic mass is 16.5. The molecule has 1 unspecified atom stereocenters. The van der Waals surface area contributed by atoms with Crippen LogP contribution in [-0.4, -0.2) is 46.7 Å². The van der Waals surface area contributed by atoms with Gasteiger partial charge in [0.1, 0.15) is 0 Å². The molecule has 2 aliphatic rings. The Labute approximate surface area is 176 Å². The summed E-state index contributed by atoms with van der Waals surface area (Å²) in [7, 11) is 1.37. The maximum atomic E-state index is 11.1. The molecule has 29 heavy (non-hydrogen) atoms. The Morgan fingerprint density at radius 3 is 2.41 bits per heavy atom. The lowest BCUT2D eigenvalue weighted by Gasteiger charge is -2.46. The summed E-state index contributed by atoms with van der Waals surface area (Å²) in [5, 5.41) is 31.8. The first-order valence-electron chi connectivity index (χ1n) is 11.7. The highest BCUT2D eigenvalue weighted by Crippen LogP contribution is 2.50. The van der Waals surface area contributed by atoms with Gasteiger partial charge in [-0.15, -0.1) is 0 Å². The van der Waals surface area contributed by atoms with Crippen molar-refractivity contribution < 1.29 is 24.9 Å². The van der Waals surface area contributed by atoms with Gasteiger partial charge in [0.25, 0.3) is 0 Å². The zero-order valence-corrected chi connectivity index (χ0v) is 18.4. The lowest BCUT2D eigenvalue weighted by molar-refractivity contribution is -0.134. The molecule has 168 valence electrons. The van der Waals surface area contributed by atoms with Crippen molar-refractivity contribution in [3.05, 3.63) is 12.2 Å². The van der Waals surface area contributed by atoms with Gasteiger partial charge in [0.05, 0.1) is 25.4 Å². The summed E-state index contributed by atoms with van der Waals surface area (Å²) in [4.78, 5) is 11.1. The quantitative estimate of drug-likeness (QED) is 0.241. The molecule has 5 heteroatoms. The molecular formula is C24H42O5. The first-order chi connectivity index (χ1) is 13.9. The molecule has 5 nitrogen and oxygen atoms in total. The highest BCUT2D eigenvalue weighted by Gasteiger charge is 2.45. The SMILES string of the molecule is CCCCC1(C(O)CC[C@@H]2[C@@H](CCCCC=CC(=O)OC)[C@@H](O)C[C@H]2O)CCC1. The van der Waals surface area contributed by atoms with Crippen LogP contribution in [0.3, 0.4) is 0 Å². The zero-order chi connectivity index (χ0) is 21.3. The number of rotatable bonds is 13. The van der Waals surface area contributed by atoms with E-state index in [1.807, 2.05) is 6.08 Å². The molecule has 3 N–H and O–H groups in total. The largest absolute Gasteiger partial charge is 0.466 e. The van der Waals surface area contributed by atoms with Gasteiger partial charge < -0.3 is 20.1 Å². The molecule has 0 aromatic rings. The van der Waals surface area contributed by atoms with Crippen LogP contribution >= 0.6 is 0 Å². The van der Waals surface area contributed by atoms with Crippen molar-refractivity contribution in [1.82, 2.24) is 0 Å². The van der Waals surface area contributed by atoms with Crippen LogP contribution in [0.25, 0.3) is 0 Å². The molecule has 2 fully saturated rings. The molecule has 0 aliphatic heterocycles. The molecule has 2 aliphatic carbocycles. The summed E-state index contributed by atoms with van der Waals surface area (Å²) < 4.78 is 4.57. The van der Waals surface area contributed by atoms with E-state index in [1.54, 1.807) is 0 Å². The van der Waals surface area contributed by atoms with Gasteiger partial charge in [0.15, 0.2) is 0 Å². The number of hydrogen-bond acceptors (Lipinski definition) is 5. The van der Waals surface area contributed by atoms with E-state index in [4.69, 9.17) is 0 Å². The summed E-state index contributed by atoms with van der Waals surface area (Å²) in [5.74, 6) is -0.149. The minimum atomic E-state index is -0.464. The van der Waals surface area contributed by atoms with E-state index < -0.39 is 12.2 Å². The summed E-state index contributed by atoms with van der Waals surface area (Å²) in [6.07, 6.45) is 14.6. The molecule has 0 aromatic heterocycles. The predicted molar refractivity (Wildman–Crippen MR) is 114 cm³/mol. The number of carbonyl (C=O) groups is 1. The molecule has 0 aromatic carbocycles. The van der Waals surface area contributed by atoms with E-state index in [1.165, 1.54) is 32.4 Å². The molecule has 0 spiro atoms. The number of hydrogen-bond donors (Lipinski definition) is 3. The van der Waals surface area contributed by atoms with Crippen LogP contribution in [0, 0.1) is 17.3 Å². The van der Waals surface area contributed by atoms with Crippen molar-refractivity contribution >= 4 is 5.97 Å². The molecule has 5 atom stereocenters. The van der Waals surface area contributed by atoms with Crippen molar-refractivity contribution in [2.75, 3.05) is 7.11 Å². The third-order valence-electron chi connectivity index (χ3n) is 7.49. The van der Waals surface area contributed by atoms with Gasteiger partial charge in [-0.3, -0.25) is 0 Å². The Bertz CT molecular complexity index is 513. The molecule has 0 bridgehead atoms. The fourth-order valence-electron chi connectivity index (χ4n) is 5.44. The molecular weight excluding hydrogens is 368 g/mol. The molecule has 0 heterocycles. The first-order valence-corrected chi connectivity index (χ1v) is 11.7. The number of unbranched alkanes of at least 4 members (excludes halogenated alkanes) is 3. The van der Waals surface area contributed by atoms with E-state index in [0.717, 1.165) is 57.8 Å². The summed E-state index contributed by atoms with van der Waals surface area (Å²) >= 11 is 0. The standard InChI is InChI=1S/C24H42O5/c1-3-4-14-24(15-9-16-24)22(27)13-12-19-18(20(25)17-21(19)26)10-7-5-6-8-11-23(28)29-2/h8,11,18-22,25-27H,3-7,9-10,12-17H2,1-2H3/t18-,19-,20+,21-,22?/m1/s1. The van der Waals surface area contributed by atoms with Crippen LogP contribution < -0.4 is 0 Å². The number of aliphatic hydroxyl groups excluding tert-OH is 3. The van der Waals surface area contributed by atoms with E-state index in [0.29, 0.717) is 6.42 Å². The molecule has 2 saturated carbocycles. The van der Waals surface area contributed by atoms with Crippen LogP contribution in [0.4, 0.5) is 0 Å². The summed E-state index contributed by atoms with van der Waals surface area (Å²) in [5.41, 5.74) is 0.111. The van der Waals surface area contributed by atoms with E-state index >= 15 is 0 Å². The molecule has 0 amide bonds. The zero-order valence-electron chi connectivity index (χ0n) is 18.4. The second-order valence-corrected chi connectivity index (χ2v) is 9.32. The third kappa shape index (κ3) is 6.80. The van der Waals surface area contributed by atoms with Gasteiger partial charge in [-0.2, -0.15) is 0 Å². The number of esters is 1. The normalized spacial score (nSPS) is 29.7. The van der Waals surface area contributed by atoms with Crippen LogP contribution in [0.5, 0.6) is 0 Å². The summed E-state index contributed by atoms with van der Waals surface area (Å²) in [6.45, 7) is 2.20. The van der Waals surface area contributed by atoms with Crippen LogP contribution in [0.2, 0.25) is 0 Å². The van der Waals surface area contributed by atoms with Gasteiger partial charge >= 0.3 is 5.97 Å². The fraction of sp³-hybridized carbons (Fsp3) is 0.875. The van der Waals surface area contributed by atoms with Crippen molar-refractivity contribution in [1.29, 1.82) is 0 Å². The number of methoxy groups -OCH3 is 1. The van der Waals surface area contributed by atoms with Crippen molar-refractivity contribution in [2.45, 2.75) is 109 Å². The molecule has 0 saturated heterocycles. The van der Waals surface area contributed by atoms with Crippen molar-refractivity contribution in [3.8, 4) is 0 Å². The smallest absolute Gasteiger partial charge is 0.330 e. The molecule has 0 radical (unpaired) electrons. The maximum Gasteiger partial charge on any atom is 0.330 e. The molecule has 2 rings (SSSR count). The van der Waals surface area contributed by atoms with Gasteiger partial charge in [-0.05, 0) is 75.0 Å². The Kier molecular flexibility index (Phi) is 10.1. The average molecular weight is 411 g/mol. The van der Waals surface area contributed by atoms with E-state index in [9.17, 15) is 20.1 Å². The first kappa shape index (κ1) is 24.4. The fourth-order valence-corrected chi connectivity index (χ4v) is 5.44. The lowest BCUT2D eigenvalue weighted by Crippen LogP contribution is -2.42. The van der Waals surface area contributed by atoms with E-state index in [-0.39, 0.29) is 29.3 Å². The number of aliphatic hydroxyl groups is 3. The lowest BCUT2D eigenvalue weighted by atomic mass is 9.61. The number of allylic oxidation sites excluding steroid dienone is 1. The van der Waals surface area contributed by atoms with Gasteiger partial charge in [-0.25, -0.2) is 4.79 Å². The average Bonchev–Trinajstić information content (AvgIpc) is 2.94. The van der Waals surface area contributed by atoms with Gasteiger partial charge in [0.2, 0.25) is 0 Å². The second kappa shape index (κ2) is 12.1. The van der Waals surface area contributed by atoms with Gasteiger partial charge in [-0.1, -0.05) is 38.7 Å². The Morgan fingerprint density at radius 2 is 1.83 bits per heavy atom. The van der Waals surface area contributed by atoms with Crippen molar-refractivity contribution in [2.24, 2.45) is 17.3 Å². The maximum absolute atomic E-state index is 11.1. The Hall–Kier alpha value is -0.910. The second-order valence-electron chi connectivity index (χ2n) is 9.32. The Balaban J connectivity index is 1.78. The topological polar surface area (TPSA) is 87.0 Å². The van der Waals surface area contributed by atoms with Gasteiger partial charge in [0, 0.05) is 6.08 Å².